The van der Waals surface area contributed by atoms with Gasteiger partial charge < -0.3 is 5.11 Å². The molecule has 0 bridgehead atoms. The highest BCUT2D eigenvalue weighted by Crippen LogP contribution is 2.30. The second-order valence-corrected chi connectivity index (χ2v) is 7.38. The van der Waals surface area contributed by atoms with Gasteiger partial charge in [0.2, 0.25) is 0 Å². The standard InChI is InChI=1S/C21H18N2O3S/c24-19(16-7-3-4-8-17(16)20(25)26)23-21-22-18(12-27-21)15-10-9-13-5-1-2-6-14(13)11-15/h1-2,5-6,9-12H,3-4,7-8H2,(H,25,26)(H,22,23,24). The molecule has 0 spiro atoms. The minimum atomic E-state index is -1.00. The Morgan fingerprint density at radius 2 is 1.74 bits per heavy atom. The minimum absolute atomic E-state index is 0.227. The smallest absolute Gasteiger partial charge is 0.332 e. The number of aliphatic carboxylic acids is 1. The molecule has 5 nitrogen and oxygen atoms in total. The molecule has 0 atom stereocenters. The Hall–Kier alpha value is -2.99. The summed E-state index contributed by atoms with van der Waals surface area (Å²) < 4.78 is 0. The van der Waals surface area contributed by atoms with Crippen molar-refractivity contribution in [2.75, 3.05) is 5.32 Å². The van der Waals surface area contributed by atoms with Gasteiger partial charge in [0, 0.05) is 22.1 Å². The van der Waals surface area contributed by atoms with Crippen molar-refractivity contribution in [2.24, 2.45) is 0 Å². The van der Waals surface area contributed by atoms with Crippen molar-refractivity contribution < 1.29 is 14.7 Å². The van der Waals surface area contributed by atoms with Gasteiger partial charge in [-0.1, -0.05) is 36.4 Å². The van der Waals surface area contributed by atoms with E-state index in [-0.39, 0.29) is 11.5 Å². The highest BCUT2D eigenvalue weighted by Gasteiger charge is 2.24. The van der Waals surface area contributed by atoms with Crippen LogP contribution in [-0.4, -0.2) is 22.0 Å². The van der Waals surface area contributed by atoms with Crippen LogP contribution in [0, 0.1) is 0 Å². The first-order chi connectivity index (χ1) is 13.1. The second kappa shape index (κ2) is 7.32. The zero-order valence-corrected chi connectivity index (χ0v) is 15.4. The number of benzene rings is 2. The number of carboxylic acid groups (broad SMARTS) is 1. The van der Waals surface area contributed by atoms with Crippen LogP contribution in [0.4, 0.5) is 5.13 Å². The maximum absolute atomic E-state index is 12.5. The number of carbonyl (C=O) groups excluding carboxylic acids is 1. The lowest BCUT2D eigenvalue weighted by molar-refractivity contribution is -0.133. The van der Waals surface area contributed by atoms with Crippen LogP contribution in [0.15, 0.2) is 59.0 Å². The largest absolute Gasteiger partial charge is 0.478 e. The number of nitrogens with one attached hydrogen (secondary N) is 1. The van der Waals surface area contributed by atoms with Gasteiger partial charge in [0.15, 0.2) is 5.13 Å². The van der Waals surface area contributed by atoms with E-state index in [1.807, 2.05) is 29.6 Å². The maximum Gasteiger partial charge on any atom is 0.332 e. The molecule has 1 amide bonds. The molecule has 0 unspecified atom stereocenters. The summed E-state index contributed by atoms with van der Waals surface area (Å²) in [6.07, 6.45) is 2.58. The first-order valence-electron chi connectivity index (χ1n) is 8.83. The second-order valence-electron chi connectivity index (χ2n) is 6.52. The van der Waals surface area contributed by atoms with Gasteiger partial charge >= 0.3 is 5.97 Å². The van der Waals surface area contributed by atoms with E-state index in [2.05, 4.69) is 28.5 Å². The summed E-state index contributed by atoms with van der Waals surface area (Å²) in [5, 5.41) is 16.8. The van der Waals surface area contributed by atoms with E-state index in [1.165, 1.54) is 11.3 Å². The molecule has 0 saturated carbocycles. The molecule has 2 N–H and O–H groups in total. The van der Waals surface area contributed by atoms with Gasteiger partial charge in [-0.2, -0.15) is 0 Å². The highest BCUT2D eigenvalue weighted by atomic mass is 32.1. The number of anilines is 1. The summed E-state index contributed by atoms with van der Waals surface area (Å²) in [6.45, 7) is 0. The van der Waals surface area contributed by atoms with Crippen LogP contribution in [0.25, 0.3) is 22.0 Å². The first-order valence-corrected chi connectivity index (χ1v) is 9.71. The molecule has 1 aliphatic rings. The number of hydrogen-bond acceptors (Lipinski definition) is 4. The Labute approximate surface area is 160 Å². The van der Waals surface area contributed by atoms with Gasteiger partial charge in [0.05, 0.1) is 5.69 Å². The molecule has 6 heteroatoms. The maximum atomic E-state index is 12.5. The van der Waals surface area contributed by atoms with Crippen molar-refractivity contribution in [1.82, 2.24) is 4.98 Å². The molecule has 1 aromatic heterocycles. The third-order valence-electron chi connectivity index (χ3n) is 4.77. The molecule has 2 aromatic carbocycles. The van der Waals surface area contributed by atoms with E-state index >= 15 is 0 Å². The van der Waals surface area contributed by atoms with Gasteiger partial charge in [-0.05, 0) is 42.5 Å². The van der Waals surface area contributed by atoms with Gasteiger partial charge in [-0.25, -0.2) is 9.78 Å². The van der Waals surface area contributed by atoms with E-state index in [1.54, 1.807) is 0 Å². The summed E-state index contributed by atoms with van der Waals surface area (Å²) in [4.78, 5) is 28.4. The van der Waals surface area contributed by atoms with E-state index in [9.17, 15) is 14.7 Å². The van der Waals surface area contributed by atoms with Crippen LogP contribution in [0.2, 0.25) is 0 Å². The Balaban J connectivity index is 1.57. The molecule has 1 heterocycles. The summed E-state index contributed by atoms with van der Waals surface area (Å²) >= 11 is 1.34. The average Bonchev–Trinajstić information content (AvgIpc) is 3.16. The fourth-order valence-corrected chi connectivity index (χ4v) is 4.09. The van der Waals surface area contributed by atoms with Crippen molar-refractivity contribution in [3.8, 4) is 11.3 Å². The van der Waals surface area contributed by atoms with Crippen molar-refractivity contribution in [3.05, 3.63) is 59.0 Å². The Bertz CT molecular complexity index is 1070. The lowest BCUT2D eigenvalue weighted by Gasteiger charge is -2.16. The molecule has 0 saturated heterocycles. The lowest BCUT2D eigenvalue weighted by atomic mass is 9.91. The Kier molecular flexibility index (Phi) is 4.73. The Morgan fingerprint density at radius 3 is 2.52 bits per heavy atom. The molecule has 136 valence electrons. The topological polar surface area (TPSA) is 79.3 Å². The van der Waals surface area contributed by atoms with Crippen LogP contribution in [0.5, 0.6) is 0 Å². The van der Waals surface area contributed by atoms with E-state index < -0.39 is 5.97 Å². The third-order valence-corrected chi connectivity index (χ3v) is 5.53. The number of rotatable bonds is 4. The molecule has 3 aromatic rings. The van der Waals surface area contributed by atoms with Gasteiger partial charge in [0.25, 0.3) is 5.91 Å². The minimum Gasteiger partial charge on any atom is -0.478 e. The molecule has 1 aliphatic carbocycles. The number of carboxylic acids is 1. The van der Waals surface area contributed by atoms with E-state index in [0.29, 0.717) is 23.5 Å². The van der Waals surface area contributed by atoms with Gasteiger partial charge in [-0.15, -0.1) is 11.3 Å². The Morgan fingerprint density at radius 1 is 1.00 bits per heavy atom. The average molecular weight is 378 g/mol. The van der Waals surface area contributed by atoms with Gasteiger partial charge in [0.1, 0.15) is 0 Å². The number of aromatic nitrogens is 1. The lowest BCUT2D eigenvalue weighted by Crippen LogP contribution is -2.21. The van der Waals surface area contributed by atoms with Gasteiger partial charge in [-0.3, -0.25) is 10.1 Å². The van der Waals surface area contributed by atoms with Crippen LogP contribution in [0.1, 0.15) is 25.7 Å². The molecule has 0 fully saturated rings. The number of hydrogen-bond donors (Lipinski definition) is 2. The van der Waals surface area contributed by atoms with Crippen molar-refractivity contribution in [2.45, 2.75) is 25.7 Å². The van der Waals surface area contributed by atoms with Crippen LogP contribution >= 0.6 is 11.3 Å². The molecule has 0 aliphatic heterocycles. The number of thiazole rings is 1. The van der Waals surface area contributed by atoms with Crippen molar-refractivity contribution in [1.29, 1.82) is 0 Å². The first kappa shape index (κ1) is 17.4. The fraction of sp³-hybridized carbons (Fsp3) is 0.190. The van der Waals surface area contributed by atoms with Crippen molar-refractivity contribution >= 4 is 39.1 Å². The van der Waals surface area contributed by atoms with Crippen molar-refractivity contribution in [3.63, 3.8) is 0 Å². The summed E-state index contributed by atoms with van der Waals surface area (Å²) in [5.74, 6) is -1.36. The summed E-state index contributed by atoms with van der Waals surface area (Å²) in [7, 11) is 0. The predicted molar refractivity (Wildman–Crippen MR) is 107 cm³/mol. The van der Waals surface area contributed by atoms with Crippen LogP contribution in [0.3, 0.4) is 0 Å². The zero-order chi connectivity index (χ0) is 18.8. The predicted octanol–water partition coefficient (Wildman–Crippen LogP) is 4.86. The number of fused-ring (bicyclic) bond motifs is 1. The van der Waals surface area contributed by atoms with Crippen LogP contribution in [-0.2, 0) is 9.59 Å². The highest BCUT2D eigenvalue weighted by molar-refractivity contribution is 7.14. The monoisotopic (exact) mass is 378 g/mol. The van der Waals surface area contributed by atoms with Crippen LogP contribution < -0.4 is 5.32 Å². The molecular weight excluding hydrogens is 360 g/mol. The molecule has 27 heavy (non-hydrogen) atoms. The number of nitrogens with zero attached hydrogens (tertiary/aromatic N) is 1. The normalized spacial score (nSPS) is 14.4. The molecule has 4 rings (SSSR count). The molecule has 0 radical (unpaired) electrons. The number of amides is 1. The number of carbonyl (C=O) groups is 2. The summed E-state index contributed by atoms with van der Waals surface area (Å²) in [5.41, 5.74) is 2.37. The SMILES string of the molecule is O=C(O)C1=C(C(=O)Nc2nc(-c3ccc4ccccc4c3)cs2)CCCC1. The third kappa shape index (κ3) is 3.61. The fourth-order valence-electron chi connectivity index (χ4n) is 3.38. The van der Waals surface area contributed by atoms with E-state index in [0.717, 1.165) is 34.9 Å². The molecular formula is C21H18N2O3S. The quantitative estimate of drug-likeness (QED) is 0.680. The zero-order valence-electron chi connectivity index (χ0n) is 14.6. The van der Waals surface area contributed by atoms with E-state index in [4.69, 9.17) is 0 Å². The summed E-state index contributed by atoms with van der Waals surface area (Å²) in [6, 6.07) is 14.2.